The van der Waals surface area contributed by atoms with Crippen molar-refractivity contribution in [3.63, 3.8) is 0 Å². The number of carbonyl (C=O) groups excluding carboxylic acids is 2. The number of nitrogens with two attached hydrogens (primary N) is 1. The minimum absolute atomic E-state index is 0.0457. The number of rotatable bonds is 5. The normalized spacial score (nSPS) is 19.6. The molecule has 1 aromatic rings. The number of hydrogen-bond acceptors (Lipinski definition) is 4. The van der Waals surface area contributed by atoms with Gasteiger partial charge in [0.2, 0.25) is 5.91 Å². The standard InChI is InChI=1S/C15H20N2O3/c1-20-14-8-3-2-6-11(14)13(18)10-17-9-5-4-7-12(17)15(16)19/h2-3,6,8,12H,4-5,7,9-10H2,1H3,(H2,16,19). The maximum atomic E-state index is 12.4. The number of ether oxygens (including phenoxy) is 1. The van der Waals surface area contributed by atoms with Crippen LogP contribution >= 0.6 is 0 Å². The molecule has 5 nitrogen and oxygen atoms in total. The number of ketones is 1. The fourth-order valence-electron chi connectivity index (χ4n) is 2.65. The summed E-state index contributed by atoms with van der Waals surface area (Å²) in [6.07, 6.45) is 2.70. The van der Waals surface area contributed by atoms with E-state index in [9.17, 15) is 9.59 Å². The van der Waals surface area contributed by atoms with E-state index >= 15 is 0 Å². The van der Waals surface area contributed by atoms with Gasteiger partial charge in [-0.05, 0) is 31.5 Å². The molecular weight excluding hydrogens is 256 g/mol. The lowest BCUT2D eigenvalue weighted by atomic mass is 10.00. The maximum absolute atomic E-state index is 12.4. The number of primary amides is 1. The maximum Gasteiger partial charge on any atom is 0.234 e. The summed E-state index contributed by atoms with van der Waals surface area (Å²) < 4.78 is 5.20. The number of benzene rings is 1. The number of piperidine rings is 1. The summed E-state index contributed by atoms with van der Waals surface area (Å²) in [7, 11) is 1.54. The van der Waals surface area contributed by atoms with Crippen molar-refractivity contribution in [1.29, 1.82) is 0 Å². The van der Waals surface area contributed by atoms with Crippen LogP contribution < -0.4 is 10.5 Å². The monoisotopic (exact) mass is 276 g/mol. The molecule has 2 N–H and O–H groups in total. The summed E-state index contributed by atoms with van der Waals surface area (Å²) in [6, 6.07) is 6.79. The average molecular weight is 276 g/mol. The second-order valence-corrected chi connectivity index (χ2v) is 5.01. The number of hydrogen-bond donors (Lipinski definition) is 1. The van der Waals surface area contributed by atoms with Crippen LogP contribution in [0.15, 0.2) is 24.3 Å². The first-order valence-electron chi connectivity index (χ1n) is 6.83. The first kappa shape index (κ1) is 14.5. The lowest BCUT2D eigenvalue weighted by Crippen LogP contribution is -2.49. The van der Waals surface area contributed by atoms with Gasteiger partial charge in [-0.1, -0.05) is 18.6 Å². The number of Topliss-reactive ketones (excluding diaryl/α,β-unsaturated/α-hetero) is 1. The van der Waals surface area contributed by atoms with Crippen molar-refractivity contribution in [2.75, 3.05) is 20.2 Å². The predicted octanol–water partition coefficient (Wildman–Crippen LogP) is 1.22. The Labute approximate surface area is 118 Å². The Bertz CT molecular complexity index is 502. The number of methoxy groups -OCH3 is 1. The summed E-state index contributed by atoms with van der Waals surface area (Å²) in [5, 5.41) is 0. The summed E-state index contributed by atoms with van der Waals surface area (Å²) in [5.74, 6) is 0.165. The van der Waals surface area contributed by atoms with E-state index in [-0.39, 0.29) is 24.3 Å². The third kappa shape index (κ3) is 3.17. The SMILES string of the molecule is COc1ccccc1C(=O)CN1CCCCC1C(N)=O. The first-order valence-corrected chi connectivity index (χ1v) is 6.83. The number of carbonyl (C=O) groups is 2. The molecule has 0 bridgehead atoms. The third-order valence-corrected chi connectivity index (χ3v) is 3.70. The van der Waals surface area contributed by atoms with Crippen LogP contribution in [-0.2, 0) is 4.79 Å². The van der Waals surface area contributed by atoms with Crippen molar-refractivity contribution in [2.24, 2.45) is 5.73 Å². The molecule has 5 heteroatoms. The smallest absolute Gasteiger partial charge is 0.234 e. The summed E-state index contributed by atoms with van der Waals surface area (Å²) in [5.41, 5.74) is 5.96. The lowest BCUT2D eigenvalue weighted by molar-refractivity contribution is -0.124. The van der Waals surface area contributed by atoms with Crippen LogP contribution in [-0.4, -0.2) is 42.8 Å². The van der Waals surface area contributed by atoms with E-state index in [1.165, 1.54) is 0 Å². The molecule has 1 heterocycles. The average Bonchev–Trinajstić information content (AvgIpc) is 2.47. The van der Waals surface area contributed by atoms with E-state index in [1.807, 2.05) is 11.0 Å². The highest BCUT2D eigenvalue weighted by molar-refractivity contribution is 6.00. The van der Waals surface area contributed by atoms with Gasteiger partial charge in [-0.15, -0.1) is 0 Å². The Morgan fingerprint density at radius 3 is 2.80 bits per heavy atom. The van der Waals surface area contributed by atoms with Gasteiger partial charge in [-0.25, -0.2) is 0 Å². The molecule has 108 valence electrons. The number of likely N-dealkylation sites (tertiary alicyclic amines) is 1. The molecule has 0 aliphatic carbocycles. The quantitative estimate of drug-likeness (QED) is 0.821. The lowest BCUT2D eigenvalue weighted by Gasteiger charge is -2.32. The van der Waals surface area contributed by atoms with Crippen LogP contribution in [0.2, 0.25) is 0 Å². The van der Waals surface area contributed by atoms with E-state index in [0.717, 1.165) is 25.8 Å². The van der Waals surface area contributed by atoms with Gasteiger partial charge in [0.1, 0.15) is 5.75 Å². The molecule has 20 heavy (non-hydrogen) atoms. The Balaban J connectivity index is 2.11. The van der Waals surface area contributed by atoms with Gasteiger partial charge < -0.3 is 10.5 Å². The number of nitrogens with zero attached hydrogens (tertiary/aromatic N) is 1. The van der Waals surface area contributed by atoms with E-state index < -0.39 is 0 Å². The van der Waals surface area contributed by atoms with Gasteiger partial charge in [0.15, 0.2) is 5.78 Å². The van der Waals surface area contributed by atoms with Crippen molar-refractivity contribution < 1.29 is 14.3 Å². The van der Waals surface area contributed by atoms with Crippen LogP contribution in [0.4, 0.5) is 0 Å². The molecule has 2 rings (SSSR count). The zero-order valence-electron chi connectivity index (χ0n) is 11.7. The molecule has 1 aromatic carbocycles. The first-order chi connectivity index (χ1) is 9.63. The van der Waals surface area contributed by atoms with Crippen molar-refractivity contribution in [3.05, 3.63) is 29.8 Å². The molecule has 1 aliphatic rings. The van der Waals surface area contributed by atoms with E-state index in [2.05, 4.69) is 0 Å². The Morgan fingerprint density at radius 1 is 1.35 bits per heavy atom. The fourth-order valence-corrected chi connectivity index (χ4v) is 2.65. The third-order valence-electron chi connectivity index (χ3n) is 3.70. The topological polar surface area (TPSA) is 72.6 Å². The van der Waals surface area contributed by atoms with E-state index in [4.69, 9.17) is 10.5 Å². The molecule has 1 saturated heterocycles. The summed E-state index contributed by atoms with van der Waals surface area (Å²) in [6.45, 7) is 0.933. The number of para-hydroxylation sites is 1. The van der Waals surface area contributed by atoms with Crippen LogP contribution in [0.3, 0.4) is 0 Å². The van der Waals surface area contributed by atoms with Crippen LogP contribution in [0.5, 0.6) is 5.75 Å². The molecule has 1 unspecified atom stereocenters. The molecule has 1 atom stereocenters. The predicted molar refractivity (Wildman–Crippen MR) is 75.7 cm³/mol. The van der Waals surface area contributed by atoms with Gasteiger partial charge in [0.25, 0.3) is 0 Å². The van der Waals surface area contributed by atoms with Crippen molar-refractivity contribution in [1.82, 2.24) is 4.90 Å². The molecule has 0 radical (unpaired) electrons. The summed E-state index contributed by atoms with van der Waals surface area (Å²) >= 11 is 0. The highest BCUT2D eigenvalue weighted by atomic mass is 16.5. The van der Waals surface area contributed by atoms with Crippen molar-refractivity contribution >= 4 is 11.7 Å². The molecule has 0 spiro atoms. The molecule has 0 saturated carbocycles. The zero-order chi connectivity index (χ0) is 14.5. The van der Waals surface area contributed by atoms with Gasteiger partial charge in [0.05, 0.1) is 25.3 Å². The van der Waals surface area contributed by atoms with Crippen LogP contribution in [0, 0.1) is 0 Å². The van der Waals surface area contributed by atoms with Crippen molar-refractivity contribution in [3.8, 4) is 5.75 Å². The van der Waals surface area contributed by atoms with Gasteiger partial charge in [-0.3, -0.25) is 14.5 Å². The fraction of sp³-hybridized carbons (Fsp3) is 0.467. The summed E-state index contributed by atoms with van der Waals surface area (Å²) in [4.78, 5) is 25.7. The van der Waals surface area contributed by atoms with Gasteiger partial charge in [-0.2, -0.15) is 0 Å². The van der Waals surface area contributed by atoms with E-state index in [1.54, 1.807) is 25.3 Å². The van der Waals surface area contributed by atoms with Crippen LogP contribution in [0.25, 0.3) is 0 Å². The minimum Gasteiger partial charge on any atom is -0.496 e. The Hall–Kier alpha value is -1.88. The van der Waals surface area contributed by atoms with Gasteiger partial charge >= 0.3 is 0 Å². The van der Waals surface area contributed by atoms with Crippen molar-refractivity contribution in [2.45, 2.75) is 25.3 Å². The zero-order valence-corrected chi connectivity index (χ0v) is 11.7. The minimum atomic E-state index is -0.350. The molecular formula is C15H20N2O3. The van der Waals surface area contributed by atoms with E-state index in [0.29, 0.717) is 11.3 Å². The number of amides is 1. The highest BCUT2D eigenvalue weighted by Crippen LogP contribution is 2.21. The Morgan fingerprint density at radius 2 is 2.10 bits per heavy atom. The largest absolute Gasteiger partial charge is 0.496 e. The van der Waals surface area contributed by atoms with Gasteiger partial charge in [0, 0.05) is 0 Å². The highest BCUT2D eigenvalue weighted by Gasteiger charge is 2.29. The second kappa shape index (κ2) is 6.52. The molecule has 0 aromatic heterocycles. The molecule has 1 fully saturated rings. The molecule has 1 aliphatic heterocycles. The molecule has 1 amide bonds. The second-order valence-electron chi connectivity index (χ2n) is 5.01. The Kier molecular flexibility index (Phi) is 4.74. The van der Waals surface area contributed by atoms with Crippen LogP contribution in [0.1, 0.15) is 29.6 Å².